The van der Waals surface area contributed by atoms with E-state index in [1.807, 2.05) is 0 Å². The average molecular weight is 291 g/mol. The van der Waals surface area contributed by atoms with Crippen molar-refractivity contribution in [3.8, 4) is 0 Å². The maximum atomic E-state index is 12.0. The Kier molecular flexibility index (Phi) is 5.27. The van der Waals surface area contributed by atoms with Crippen LogP contribution in [0.15, 0.2) is 24.3 Å². The Labute approximate surface area is 124 Å². The molecule has 2 N–H and O–H groups in total. The predicted molar refractivity (Wildman–Crippen MR) is 81.1 cm³/mol. The van der Waals surface area contributed by atoms with E-state index in [-0.39, 0.29) is 11.6 Å². The average Bonchev–Trinajstić information content (AvgIpc) is 2.48. The number of piperidine rings is 1. The summed E-state index contributed by atoms with van der Waals surface area (Å²) >= 11 is 0. The lowest BCUT2D eigenvalue weighted by molar-refractivity contribution is -0.384. The number of nitro groups is 1. The molecule has 0 saturated carbocycles. The van der Waals surface area contributed by atoms with E-state index >= 15 is 0 Å². The molecular formula is C15H21N3O3. The number of non-ortho nitro benzene ring substituents is 1. The number of carbonyl (C=O) groups is 1. The van der Waals surface area contributed by atoms with Crippen LogP contribution in [0.2, 0.25) is 0 Å². The first-order valence-electron chi connectivity index (χ1n) is 7.31. The third kappa shape index (κ3) is 4.53. The van der Waals surface area contributed by atoms with E-state index in [0.717, 1.165) is 13.1 Å². The van der Waals surface area contributed by atoms with Gasteiger partial charge in [0.25, 0.3) is 5.69 Å². The van der Waals surface area contributed by atoms with E-state index < -0.39 is 4.92 Å². The van der Waals surface area contributed by atoms with Crippen LogP contribution >= 0.6 is 0 Å². The Morgan fingerprint density at radius 1 is 1.48 bits per heavy atom. The molecule has 2 unspecified atom stereocenters. The number of hydrogen-bond acceptors (Lipinski definition) is 4. The first-order chi connectivity index (χ1) is 10.1. The number of nitrogens with one attached hydrogen (secondary N) is 2. The fourth-order valence-electron chi connectivity index (χ4n) is 2.70. The minimum absolute atomic E-state index is 0.0228. The third-order valence-electron chi connectivity index (χ3n) is 4.01. The molecule has 2 rings (SSSR count). The molecule has 0 bridgehead atoms. The summed E-state index contributed by atoms with van der Waals surface area (Å²) in [6.45, 7) is 4.15. The van der Waals surface area contributed by atoms with Gasteiger partial charge in [0.1, 0.15) is 0 Å². The zero-order chi connectivity index (χ0) is 15.2. The highest BCUT2D eigenvalue weighted by molar-refractivity contribution is 5.90. The Morgan fingerprint density at radius 2 is 2.19 bits per heavy atom. The molecule has 2 atom stereocenters. The molecule has 6 nitrogen and oxygen atoms in total. The third-order valence-corrected chi connectivity index (χ3v) is 4.01. The molecule has 1 aliphatic rings. The van der Waals surface area contributed by atoms with E-state index in [1.54, 1.807) is 12.1 Å². The van der Waals surface area contributed by atoms with Crippen LogP contribution < -0.4 is 10.6 Å². The molecule has 0 aromatic heterocycles. The van der Waals surface area contributed by atoms with E-state index in [0.29, 0.717) is 23.9 Å². The summed E-state index contributed by atoms with van der Waals surface area (Å²) in [4.78, 5) is 22.1. The SMILES string of the molecule is CC(CC(=O)Nc1ccc([N+](=O)[O-])cc1)C1CCCNC1. The van der Waals surface area contributed by atoms with Crippen LogP contribution in [-0.2, 0) is 4.79 Å². The molecule has 1 heterocycles. The number of hydrogen-bond donors (Lipinski definition) is 2. The summed E-state index contributed by atoms with van der Waals surface area (Å²) in [7, 11) is 0. The predicted octanol–water partition coefficient (Wildman–Crippen LogP) is 2.56. The zero-order valence-electron chi connectivity index (χ0n) is 12.2. The quantitative estimate of drug-likeness (QED) is 0.645. The zero-order valence-corrected chi connectivity index (χ0v) is 12.2. The summed E-state index contributed by atoms with van der Waals surface area (Å²) in [6, 6.07) is 5.90. The summed E-state index contributed by atoms with van der Waals surface area (Å²) in [6.07, 6.45) is 2.81. The second-order valence-electron chi connectivity index (χ2n) is 5.64. The number of amides is 1. The largest absolute Gasteiger partial charge is 0.326 e. The molecule has 1 aromatic carbocycles. The van der Waals surface area contributed by atoms with Crippen molar-refractivity contribution < 1.29 is 9.72 Å². The van der Waals surface area contributed by atoms with Gasteiger partial charge in [0.15, 0.2) is 0 Å². The number of benzene rings is 1. The van der Waals surface area contributed by atoms with Gasteiger partial charge in [0, 0.05) is 24.2 Å². The van der Waals surface area contributed by atoms with Crippen LogP contribution in [0, 0.1) is 22.0 Å². The van der Waals surface area contributed by atoms with E-state index in [4.69, 9.17) is 0 Å². The van der Waals surface area contributed by atoms with Crippen LogP contribution in [0.5, 0.6) is 0 Å². The van der Waals surface area contributed by atoms with Gasteiger partial charge in [-0.3, -0.25) is 14.9 Å². The molecule has 0 aliphatic carbocycles. The van der Waals surface area contributed by atoms with Gasteiger partial charge >= 0.3 is 0 Å². The number of nitro benzene ring substituents is 1. The lowest BCUT2D eigenvalue weighted by Crippen LogP contribution is -2.34. The molecule has 1 aliphatic heterocycles. The van der Waals surface area contributed by atoms with Crippen molar-refractivity contribution in [1.82, 2.24) is 5.32 Å². The van der Waals surface area contributed by atoms with Crippen molar-refractivity contribution in [1.29, 1.82) is 0 Å². The van der Waals surface area contributed by atoms with Crippen molar-refractivity contribution in [2.45, 2.75) is 26.2 Å². The summed E-state index contributed by atoms with van der Waals surface area (Å²) < 4.78 is 0. The molecule has 0 spiro atoms. The number of rotatable bonds is 5. The van der Waals surface area contributed by atoms with Gasteiger partial charge in [0.2, 0.25) is 5.91 Å². The fourth-order valence-corrected chi connectivity index (χ4v) is 2.70. The minimum Gasteiger partial charge on any atom is -0.326 e. The van der Waals surface area contributed by atoms with Crippen molar-refractivity contribution in [3.63, 3.8) is 0 Å². The molecule has 6 heteroatoms. The Morgan fingerprint density at radius 3 is 2.76 bits per heavy atom. The summed E-state index contributed by atoms with van der Waals surface area (Å²) in [5.41, 5.74) is 0.620. The fraction of sp³-hybridized carbons (Fsp3) is 0.533. The van der Waals surface area contributed by atoms with Gasteiger partial charge < -0.3 is 10.6 Å². The Balaban J connectivity index is 1.84. The maximum absolute atomic E-state index is 12.0. The lowest BCUT2D eigenvalue weighted by Gasteiger charge is -2.28. The van der Waals surface area contributed by atoms with Crippen molar-refractivity contribution in [2.24, 2.45) is 11.8 Å². The van der Waals surface area contributed by atoms with E-state index in [2.05, 4.69) is 17.6 Å². The van der Waals surface area contributed by atoms with Crippen molar-refractivity contribution >= 4 is 17.3 Å². The van der Waals surface area contributed by atoms with Crippen LogP contribution in [0.3, 0.4) is 0 Å². The molecule has 1 aromatic rings. The number of nitrogens with zero attached hydrogens (tertiary/aromatic N) is 1. The molecule has 21 heavy (non-hydrogen) atoms. The van der Waals surface area contributed by atoms with E-state index in [1.165, 1.54) is 25.0 Å². The summed E-state index contributed by atoms with van der Waals surface area (Å²) in [5, 5.41) is 16.7. The minimum atomic E-state index is -0.455. The van der Waals surface area contributed by atoms with Crippen LogP contribution in [0.4, 0.5) is 11.4 Å². The van der Waals surface area contributed by atoms with Gasteiger partial charge in [0.05, 0.1) is 4.92 Å². The Bertz CT molecular complexity index is 495. The maximum Gasteiger partial charge on any atom is 0.269 e. The normalized spacial score (nSPS) is 19.8. The smallest absolute Gasteiger partial charge is 0.269 e. The molecule has 0 radical (unpaired) electrons. The highest BCUT2D eigenvalue weighted by Crippen LogP contribution is 2.23. The highest BCUT2D eigenvalue weighted by atomic mass is 16.6. The Hall–Kier alpha value is -1.95. The van der Waals surface area contributed by atoms with Gasteiger partial charge in [-0.1, -0.05) is 6.92 Å². The first-order valence-corrected chi connectivity index (χ1v) is 7.31. The topological polar surface area (TPSA) is 84.3 Å². The summed E-state index contributed by atoms with van der Waals surface area (Å²) in [5.74, 6) is 0.833. The molecular weight excluding hydrogens is 270 g/mol. The molecule has 1 saturated heterocycles. The van der Waals surface area contributed by atoms with Gasteiger partial charge in [-0.05, 0) is 49.9 Å². The van der Waals surface area contributed by atoms with Gasteiger partial charge in [-0.15, -0.1) is 0 Å². The van der Waals surface area contributed by atoms with Crippen molar-refractivity contribution in [3.05, 3.63) is 34.4 Å². The number of anilines is 1. The highest BCUT2D eigenvalue weighted by Gasteiger charge is 2.22. The van der Waals surface area contributed by atoms with E-state index in [9.17, 15) is 14.9 Å². The van der Waals surface area contributed by atoms with Crippen LogP contribution in [0.1, 0.15) is 26.2 Å². The molecule has 1 amide bonds. The first kappa shape index (κ1) is 15.4. The van der Waals surface area contributed by atoms with Crippen LogP contribution in [0.25, 0.3) is 0 Å². The standard InChI is InChI=1S/C15H21N3O3/c1-11(12-3-2-8-16-10-12)9-15(19)17-13-4-6-14(7-5-13)18(20)21/h4-7,11-12,16H,2-3,8-10H2,1H3,(H,17,19). The monoisotopic (exact) mass is 291 g/mol. The second kappa shape index (κ2) is 7.17. The van der Waals surface area contributed by atoms with Crippen molar-refractivity contribution in [2.75, 3.05) is 18.4 Å². The van der Waals surface area contributed by atoms with Gasteiger partial charge in [-0.25, -0.2) is 0 Å². The number of carbonyl (C=O) groups excluding carboxylic acids is 1. The molecule has 1 fully saturated rings. The molecule has 114 valence electrons. The van der Waals surface area contributed by atoms with Crippen LogP contribution in [-0.4, -0.2) is 23.9 Å². The second-order valence-corrected chi connectivity index (χ2v) is 5.64. The lowest BCUT2D eigenvalue weighted by atomic mass is 9.85. The van der Waals surface area contributed by atoms with Gasteiger partial charge in [-0.2, -0.15) is 0 Å².